The predicted octanol–water partition coefficient (Wildman–Crippen LogP) is 1.64. The van der Waals surface area contributed by atoms with Crippen molar-refractivity contribution >= 4 is 11.9 Å². The quantitative estimate of drug-likeness (QED) is 0.761. The van der Waals surface area contributed by atoms with Gasteiger partial charge in [0.05, 0.1) is 6.61 Å². The Morgan fingerprint density at radius 3 is 2.47 bits per heavy atom. The number of hydrogen-bond acceptors (Lipinski definition) is 3. The number of rotatable bonds is 7. The van der Waals surface area contributed by atoms with Gasteiger partial charge in [0.25, 0.3) is 5.91 Å². The Kier molecular flexibility index (Phi) is 6.02. The molecule has 0 aromatic heterocycles. The van der Waals surface area contributed by atoms with Crippen LogP contribution in [0.3, 0.4) is 0 Å². The van der Waals surface area contributed by atoms with E-state index in [0.29, 0.717) is 18.8 Å². The molecule has 0 bridgehead atoms. The molecule has 1 amide bonds. The van der Waals surface area contributed by atoms with Gasteiger partial charge in [0.1, 0.15) is 6.04 Å². The van der Waals surface area contributed by atoms with Gasteiger partial charge in [-0.25, -0.2) is 4.79 Å². The Bertz CT molecular complexity index is 419. The highest BCUT2D eigenvalue weighted by Crippen LogP contribution is 2.09. The summed E-state index contributed by atoms with van der Waals surface area (Å²) in [6, 6.07) is 7.77. The van der Waals surface area contributed by atoms with Crippen LogP contribution in [-0.4, -0.2) is 47.7 Å². The fourth-order valence-corrected chi connectivity index (χ4v) is 1.66. The van der Waals surface area contributed by atoms with Crippen LogP contribution in [0.5, 0.6) is 0 Å². The molecule has 0 radical (unpaired) electrons. The van der Waals surface area contributed by atoms with Crippen molar-refractivity contribution in [2.75, 3.05) is 19.8 Å². The average Bonchev–Trinajstić information content (AvgIpc) is 2.43. The van der Waals surface area contributed by atoms with Crippen molar-refractivity contribution in [2.45, 2.75) is 19.9 Å². The Morgan fingerprint density at radius 1 is 1.32 bits per heavy atom. The van der Waals surface area contributed by atoms with Gasteiger partial charge in [-0.15, -0.1) is 0 Å². The molecule has 0 aliphatic carbocycles. The van der Waals surface area contributed by atoms with Crippen molar-refractivity contribution in [3.63, 3.8) is 0 Å². The maximum absolute atomic E-state index is 12.3. The zero-order valence-electron chi connectivity index (χ0n) is 11.2. The maximum atomic E-state index is 12.3. The summed E-state index contributed by atoms with van der Waals surface area (Å²) in [6.45, 7) is 4.47. The summed E-state index contributed by atoms with van der Waals surface area (Å²) in [5.41, 5.74) is 0.479. The first-order valence-corrected chi connectivity index (χ1v) is 6.24. The van der Waals surface area contributed by atoms with Crippen LogP contribution in [0.25, 0.3) is 0 Å². The molecular weight excluding hydrogens is 246 g/mol. The number of hydrogen-bond donors (Lipinski definition) is 1. The highest BCUT2D eigenvalue weighted by atomic mass is 16.5. The van der Waals surface area contributed by atoms with Crippen LogP contribution >= 0.6 is 0 Å². The van der Waals surface area contributed by atoms with Crippen LogP contribution in [0.2, 0.25) is 0 Å². The first kappa shape index (κ1) is 15.2. The van der Waals surface area contributed by atoms with Gasteiger partial charge in [0.15, 0.2) is 0 Å². The van der Waals surface area contributed by atoms with E-state index in [1.807, 2.05) is 13.0 Å². The number of amides is 1. The highest BCUT2D eigenvalue weighted by molar-refractivity contribution is 5.96. The van der Waals surface area contributed by atoms with Crippen molar-refractivity contribution in [1.82, 2.24) is 4.90 Å². The van der Waals surface area contributed by atoms with Crippen LogP contribution < -0.4 is 0 Å². The lowest BCUT2D eigenvalue weighted by atomic mass is 10.1. The molecule has 5 nitrogen and oxygen atoms in total. The van der Waals surface area contributed by atoms with Crippen LogP contribution in [0.1, 0.15) is 24.2 Å². The molecule has 0 spiro atoms. The fourth-order valence-electron chi connectivity index (χ4n) is 1.66. The van der Waals surface area contributed by atoms with E-state index in [4.69, 9.17) is 9.84 Å². The SMILES string of the molecule is CCOCCN(C(=O)c1ccccc1)C(C)C(=O)O. The first-order chi connectivity index (χ1) is 9.07. The monoisotopic (exact) mass is 265 g/mol. The molecule has 0 fully saturated rings. The average molecular weight is 265 g/mol. The van der Waals surface area contributed by atoms with E-state index >= 15 is 0 Å². The van der Waals surface area contributed by atoms with Crippen molar-refractivity contribution in [1.29, 1.82) is 0 Å². The zero-order chi connectivity index (χ0) is 14.3. The lowest BCUT2D eigenvalue weighted by Gasteiger charge is -2.26. The van der Waals surface area contributed by atoms with Crippen LogP contribution in [0.15, 0.2) is 30.3 Å². The minimum absolute atomic E-state index is 0.259. The van der Waals surface area contributed by atoms with E-state index in [1.165, 1.54) is 11.8 Å². The number of benzene rings is 1. The molecular formula is C14H19NO4. The van der Waals surface area contributed by atoms with Gasteiger partial charge in [0.2, 0.25) is 0 Å². The fraction of sp³-hybridized carbons (Fsp3) is 0.429. The summed E-state index contributed by atoms with van der Waals surface area (Å²) in [6.07, 6.45) is 0. The molecule has 1 unspecified atom stereocenters. The molecule has 0 heterocycles. The Labute approximate surface area is 112 Å². The molecule has 0 aliphatic heterocycles. The lowest BCUT2D eigenvalue weighted by molar-refractivity contribution is -0.141. The summed E-state index contributed by atoms with van der Waals surface area (Å²) >= 11 is 0. The third kappa shape index (κ3) is 4.37. The van der Waals surface area contributed by atoms with Crippen molar-refractivity contribution < 1.29 is 19.4 Å². The van der Waals surface area contributed by atoms with Crippen molar-refractivity contribution in [2.24, 2.45) is 0 Å². The molecule has 19 heavy (non-hydrogen) atoms. The van der Waals surface area contributed by atoms with E-state index in [0.717, 1.165) is 0 Å². The normalized spacial score (nSPS) is 11.9. The number of carbonyl (C=O) groups is 2. The van der Waals surface area contributed by atoms with Gasteiger partial charge < -0.3 is 14.7 Å². The third-order valence-corrected chi connectivity index (χ3v) is 2.79. The number of aliphatic carboxylic acids is 1. The smallest absolute Gasteiger partial charge is 0.326 e. The molecule has 1 aromatic carbocycles. The van der Waals surface area contributed by atoms with E-state index in [-0.39, 0.29) is 12.5 Å². The van der Waals surface area contributed by atoms with Gasteiger partial charge >= 0.3 is 5.97 Å². The van der Waals surface area contributed by atoms with Crippen molar-refractivity contribution in [3.8, 4) is 0 Å². The minimum Gasteiger partial charge on any atom is -0.480 e. The second-order valence-electron chi connectivity index (χ2n) is 4.08. The summed E-state index contributed by atoms with van der Waals surface area (Å²) in [5, 5.41) is 9.07. The largest absolute Gasteiger partial charge is 0.480 e. The zero-order valence-corrected chi connectivity index (χ0v) is 11.2. The molecule has 0 saturated heterocycles. The van der Waals surface area contributed by atoms with Crippen molar-refractivity contribution in [3.05, 3.63) is 35.9 Å². The second-order valence-corrected chi connectivity index (χ2v) is 4.08. The number of nitrogens with zero attached hydrogens (tertiary/aromatic N) is 1. The van der Waals surface area contributed by atoms with Gasteiger partial charge in [-0.2, -0.15) is 0 Å². The van der Waals surface area contributed by atoms with Gasteiger partial charge in [-0.1, -0.05) is 18.2 Å². The minimum atomic E-state index is -1.03. The van der Waals surface area contributed by atoms with E-state index in [9.17, 15) is 9.59 Å². The van der Waals surface area contributed by atoms with Crippen LogP contribution in [0.4, 0.5) is 0 Å². The van der Waals surface area contributed by atoms with Crippen LogP contribution in [0, 0.1) is 0 Å². The number of carbonyl (C=O) groups excluding carboxylic acids is 1. The summed E-state index contributed by atoms with van der Waals surface area (Å²) in [7, 11) is 0. The Hall–Kier alpha value is -1.88. The van der Waals surface area contributed by atoms with E-state index in [2.05, 4.69) is 0 Å². The lowest BCUT2D eigenvalue weighted by Crippen LogP contribution is -2.45. The van der Waals surface area contributed by atoms with E-state index < -0.39 is 12.0 Å². The summed E-state index contributed by atoms with van der Waals surface area (Å²) in [4.78, 5) is 24.7. The number of carboxylic acid groups (broad SMARTS) is 1. The molecule has 104 valence electrons. The third-order valence-electron chi connectivity index (χ3n) is 2.79. The standard InChI is InChI=1S/C14H19NO4/c1-3-19-10-9-15(11(2)14(17)18)13(16)12-7-5-4-6-8-12/h4-8,11H,3,9-10H2,1-2H3,(H,17,18). The van der Waals surface area contributed by atoms with Gasteiger partial charge in [-0.05, 0) is 26.0 Å². The molecule has 1 atom stereocenters. The van der Waals surface area contributed by atoms with Gasteiger partial charge in [-0.3, -0.25) is 4.79 Å². The molecule has 5 heteroatoms. The Morgan fingerprint density at radius 2 is 1.95 bits per heavy atom. The molecule has 0 aliphatic rings. The number of ether oxygens (including phenoxy) is 1. The topological polar surface area (TPSA) is 66.8 Å². The van der Waals surface area contributed by atoms with Crippen LogP contribution in [-0.2, 0) is 9.53 Å². The summed E-state index contributed by atoms with van der Waals surface area (Å²) in [5.74, 6) is -1.32. The molecule has 1 N–H and O–H groups in total. The number of carboxylic acids is 1. The maximum Gasteiger partial charge on any atom is 0.326 e. The Balaban J connectivity index is 2.83. The molecule has 1 rings (SSSR count). The predicted molar refractivity (Wildman–Crippen MR) is 71.1 cm³/mol. The molecule has 0 saturated carbocycles. The highest BCUT2D eigenvalue weighted by Gasteiger charge is 2.25. The second kappa shape index (κ2) is 7.53. The van der Waals surface area contributed by atoms with E-state index in [1.54, 1.807) is 24.3 Å². The molecule has 1 aromatic rings. The van der Waals surface area contributed by atoms with Gasteiger partial charge in [0, 0.05) is 18.7 Å². The first-order valence-electron chi connectivity index (χ1n) is 6.24. The summed E-state index contributed by atoms with van der Waals surface area (Å²) < 4.78 is 5.19.